The second-order valence-electron chi connectivity index (χ2n) is 5.68. The minimum absolute atomic E-state index is 0.0794. The van der Waals surface area contributed by atoms with Gasteiger partial charge in [0.25, 0.3) is 5.56 Å². The number of nitrogens with zero attached hydrogens (tertiary/aromatic N) is 1. The lowest BCUT2D eigenvalue weighted by molar-refractivity contribution is 0.222. The molecule has 3 aromatic rings. The SMILES string of the molecule is COc1ccc2cc(CN(C)[C@@H](C)c3ccco3)c(=O)[nH]c2c1. The molecule has 2 aromatic heterocycles. The first-order valence-corrected chi connectivity index (χ1v) is 7.52. The number of rotatable bonds is 5. The van der Waals surface area contributed by atoms with E-state index < -0.39 is 0 Å². The van der Waals surface area contributed by atoms with Crippen LogP contribution in [0.1, 0.15) is 24.3 Å². The summed E-state index contributed by atoms with van der Waals surface area (Å²) in [6.45, 7) is 2.60. The van der Waals surface area contributed by atoms with Crippen LogP contribution in [0.15, 0.2) is 51.9 Å². The summed E-state index contributed by atoms with van der Waals surface area (Å²) in [6, 6.07) is 11.5. The van der Waals surface area contributed by atoms with Crippen molar-refractivity contribution in [3.8, 4) is 5.75 Å². The zero-order valence-electron chi connectivity index (χ0n) is 13.5. The Labute approximate surface area is 134 Å². The van der Waals surface area contributed by atoms with Crippen molar-refractivity contribution in [2.45, 2.75) is 19.5 Å². The van der Waals surface area contributed by atoms with Gasteiger partial charge in [0.05, 0.1) is 24.9 Å². The number of hydrogen-bond acceptors (Lipinski definition) is 4. The number of aromatic amines is 1. The fourth-order valence-corrected chi connectivity index (χ4v) is 2.62. The Bertz CT molecular complexity index is 852. The molecule has 3 rings (SSSR count). The summed E-state index contributed by atoms with van der Waals surface area (Å²) >= 11 is 0. The Morgan fingerprint density at radius 3 is 2.83 bits per heavy atom. The Balaban J connectivity index is 1.88. The highest BCUT2D eigenvalue weighted by molar-refractivity contribution is 5.80. The van der Waals surface area contributed by atoms with Gasteiger partial charge in [-0.15, -0.1) is 0 Å². The number of furan rings is 1. The van der Waals surface area contributed by atoms with E-state index in [0.29, 0.717) is 6.54 Å². The molecule has 0 fully saturated rings. The van der Waals surface area contributed by atoms with Gasteiger partial charge in [-0.3, -0.25) is 9.69 Å². The number of methoxy groups -OCH3 is 1. The highest BCUT2D eigenvalue weighted by Gasteiger charge is 2.16. The van der Waals surface area contributed by atoms with E-state index >= 15 is 0 Å². The van der Waals surface area contributed by atoms with Crippen molar-refractivity contribution in [1.82, 2.24) is 9.88 Å². The van der Waals surface area contributed by atoms with Crippen LogP contribution in [0.5, 0.6) is 5.75 Å². The van der Waals surface area contributed by atoms with E-state index in [1.807, 2.05) is 43.4 Å². The highest BCUT2D eigenvalue weighted by atomic mass is 16.5. The monoisotopic (exact) mass is 312 g/mol. The molecule has 5 nitrogen and oxygen atoms in total. The van der Waals surface area contributed by atoms with Crippen molar-refractivity contribution in [2.75, 3.05) is 14.2 Å². The quantitative estimate of drug-likeness (QED) is 0.785. The Kier molecular flexibility index (Phi) is 4.21. The van der Waals surface area contributed by atoms with E-state index in [1.54, 1.807) is 13.4 Å². The Morgan fingerprint density at radius 2 is 2.13 bits per heavy atom. The number of pyridine rings is 1. The molecule has 1 atom stereocenters. The lowest BCUT2D eigenvalue weighted by Gasteiger charge is -2.22. The van der Waals surface area contributed by atoms with Crippen LogP contribution in [0, 0.1) is 0 Å². The van der Waals surface area contributed by atoms with E-state index in [1.165, 1.54) is 0 Å². The number of fused-ring (bicyclic) bond motifs is 1. The molecule has 0 bridgehead atoms. The lowest BCUT2D eigenvalue weighted by atomic mass is 10.1. The van der Waals surface area contributed by atoms with Gasteiger partial charge >= 0.3 is 0 Å². The molecular formula is C18H20N2O3. The van der Waals surface area contributed by atoms with Gasteiger partial charge in [0, 0.05) is 18.2 Å². The summed E-state index contributed by atoms with van der Waals surface area (Å²) in [4.78, 5) is 17.3. The highest BCUT2D eigenvalue weighted by Crippen LogP contribution is 2.22. The molecule has 0 amide bonds. The van der Waals surface area contributed by atoms with Crippen LogP contribution in [0.25, 0.3) is 10.9 Å². The third-order valence-electron chi connectivity index (χ3n) is 4.17. The van der Waals surface area contributed by atoms with Crippen LogP contribution >= 0.6 is 0 Å². The minimum Gasteiger partial charge on any atom is -0.497 e. The standard InChI is InChI=1S/C18H20N2O3/c1-12(17-5-4-8-23-17)20(2)11-14-9-13-6-7-15(22-3)10-16(13)19-18(14)21/h4-10,12H,11H2,1-3H3,(H,19,21)/t12-/m0/s1. The van der Waals surface area contributed by atoms with Crippen molar-refractivity contribution < 1.29 is 9.15 Å². The topological polar surface area (TPSA) is 58.5 Å². The van der Waals surface area contributed by atoms with Crippen molar-refractivity contribution >= 4 is 10.9 Å². The first-order valence-electron chi connectivity index (χ1n) is 7.52. The first-order chi connectivity index (χ1) is 11.1. The van der Waals surface area contributed by atoms with Crippen molar-refractivity contribution in [1.29, 1.82) is 0 Å². The van der Waals surface area contributed by atoms with Crippen LogP contribution in [-0.4, -0.2) is 24.0 Å². The smallest absolute Gasteiger partial charge is 0.252 e. The number of H-pyrrole nitrogens is 1. The van der Waals surface area contributed by atoms with Crippen molar-refractivity contribution in [3.05, 3.63) is 64.3 Å². The molecule has 0 spiro atoms. The van der Waals surface area contributed by atoms with Crippen molar-refractivity contribution in [3.63, 3.8) is 0 Å². The molecule has 0 aliphatic carbocycles. The zero-order valence-corrected chi connectivity index (χ0v) is 13.5. The second kappa shape index (κ2) is 6.30. The molecule has 23 heavy (non-hydrogen) atoms. The molecule has 0 unspecified atom stereocenters. The molecule has 2 heterocycles. The fraction of sp³-hybridized carbons (Fsp3) is 0.278. The number of aromatic nitrogens is 1. The summed E-state index contributed by atoms with van der Waals surface area (Å²) in [5.41, 5.74) is 1.42. The molecular weight excluding hydrogens is 292 g/mol. The van der Waals surface area contributed by atoms with E-state index in [9.17, 15) is 4.79 Å². The Morgan fingerprint density at radius 1 is 1.30 bits per heavy atom. The summed E-state index contributed by atoms with van der Waals surface area (Å²) in [5, 5.41) is 0.986. The van der Waals surface area contributed by atoms with Crippen LogP contribution in [0.2, 0.25) is 0 Å². The zero-order chi connectivity index (χ0) is 16.4. The molecule has 0 radical (unpaired) electrons. The molecule has 0 saturated heterocycles. The third kappa shape index (κ3) is 3.14. The van der Waals surface area contributed by atoms with E-state index in [4.69, 9.17) is 9.15 Å². The molecule has 1 N–H and O–H groups in total. The molecule has 0 aliphatic rings. The van der Waals surface area contributed by atoms with E-state index in [2.05, 4.69) is 16.8 Å². The van der Waals surface area contributed by atoms with Gasteiger partial charge < -0.3 is 14.1 Å². The lowest BCUT2D eigenvalue weighted by Crippen LogP contribution is -2.25. The van der Waals surface area contributed by atoms with Crippen LogP contribution < -0.4 is 10.3 Å². The summed E-state index contributed by atoms with van der Waals surface area (Å²) < 4.78 is 10.6. The molecule has 1 aromatic carbocycles. The normalized spacial score (nSPS) is 12.7. The van der Waals surface area contributed by atoms with Gasteiger partial charge in [-0.05, 0) is 49.7 Å². The second-order valence-corrected chi connectivity index (χ2v) is 5.68. The van der Waals surface area contributed by atoms with Gasteiger partial charge in [-0.25, -0.2) is 0 Å². The Hall–Kier alpha value is -2.53. The van der Waals surface area contributed by atoms with Gasteiger partial charge in [-0.1, -0.05) is 0 Å². The summed E-state index contributed by atoms with van der Waals surface area (Å²) in [5.74, 6) is 1.61. The maximum absolute atomic E-state index is 12.3. The largest absolute Gasteiger partial charge is 0.497 e. The molecule has 5 heteroatoms. The first kappa shape index (κ1) is 15.4. The summed E-state index contributed by atoms with van der Waals surface area (Å²) in [6.07, 6.45) is 1.66. The maximum atomic E-state index is 12.3. The van der Waals surface area contributed by atoms with Crippen LogP contribution in [0.3, 0.4) is 0 Å². The molecule has 0 aliphatic heterocycles. The van der Waals surface area contributed by atoms with Gasteiger partial charge in [0.1, 0.15) is 11.5 Å². The average molecular weight is 312 g/mol. The van der Waals surface area contributed by atoms with E-state index in [-0.39, 0.29) is 11.6 Å². The predicted octanol–water partition coefficient (Wildman–Crippen LogP) is 3.32. The third-order valence-corrected chi connectivity index (χ3v) is 4.17. The van der Waals surface area contributed by atoms with Gasteiger partial charge in [-0.2, -0.15) is 0 Å². The average Bonchev–Trinajstić information content (AvgIpc) is 3.08. The number of hydrogen-bond donors (Lipinski definition) is 1. The fourth-order valence-electron chi connectivity index (χ4n) is 2.62. The number of ether oxygens (including phenoxy) is 1. The van der Waals surface area contributed by atoms with Gasteiger partial charge in [0.2, 0.25) is 0 Å². The summed E-state index contributed by atoms with van der Waals surface area (Å²) in [7, 11) is 3.59. The van der Waals surface area contributed by atoms with Gasteiger partial charge in [0.15, 0.2) is 0 Å². The predicted molar refractivity (Wildman–Crippen MR) is 89.7 cm³/mol. The van der Waals surface area contributed by atoms with Crippen LogP contribution in [0.4, 0.5) is 0 Å². The molecule has 0 saturated carbocycles. The maximum Gasteiger partial charge on any atom is 0.252 e. The van der Waals surface area contributed by atoms with E-state index in [0.717, 1.165) is 28.0 Å². The number of benzene rings is 1. The minimum atomic E-state index is -0.0794. The van der Waals surface area contributed by atoms with Crippen molar-refractivity contribution in [2.24, 2.45) is 0 Å². The molecule has 120 valence electrons. The number of nitrogens with one attached hydrogen (secondary N) is 1. The van der Waals surface area contributed by atoms with Crippen LogP contribution in [-0.2, 0) is 6.54 Å².